The maximum atomic E-state index is 11.5. The van der Waals surface area contributed by atoms with Crippen LogP contribution in [-0.4, -0.2) is 18.5 Å². The molecular formula is C11H24N2O. The average molecular weight is 200 g/mol. The summed E-state index contributed by atoms with van der Waals surface area (Å²) in [5.41, 5.74) is 5.79. The molecule has 1 amide bonds. The molecule has 0 bridgehead atoms. The molecule has 0 saturated heterocycles. The standard InChI is InChI=1S/C11H24N2O/c1-4-6-9(3)11(14)13-8-10(12)7-5-2/h9-10H,4-8,12H2,1-3H3,(H,13,14). The van der Waals surface area contributed by atoms with E-state index in [9.17, 15) is 4.79 Å². The minimum Gasteiger partial charge on any atom is -0.354 e. The lowest BCUT2D eigenvalue weighted by Crippen LogP contribution is -2.39. The molecule has 0 rings (SSSR count). The Labute approximate surface area is 87.4 Å². The predicted octanol–water partition coefficient (Wildman–Crippen LogP) is 1.67. The Morgan fingerprint density at radius 1 is 1.29 bits per heavy atom. The van der Waals surface area contributed by atoms with Crippen LogP contribution in [0.5, 0.6) is 0 Å². The van der Waals surface area contributed by atoms with E-state index in [1.807, 2.05) is 6.92 Å². The molecule has 3 N–H and O–H groups in total. The highest BCUT2D eigenvalue weighted by Gasteiger charge is 2.11. The largest absolute Gasteiger partial charge is 0.354 e. The van der Waals surface area contributed by atoms with Gasteiger partial charge in [0.05, 0.1) is 0 Å². The normalized spacial score (nSPS) is 14.9. The number of amides is 1. The second-order valence-electron chi connectivity index (χ2n) is 3.98. The Morgan fingerprint density at radius 3 is 2.36 bits per heavy atom. The van der Waals surface area contributed by atoms with E-state index in [-0.39, 0.29) is 17.9 Å². The van der Waals surface area contributed by atoms with Crippen LogP contribution in [0.25, 0.3) is 0 Å². The summed E-state index contributed by atoms with van der Waals surface area (Å²) < 4.78 is 0. The van der Waals surface area contributed by atoms with Gasteiger partial charge in [0.1, 0.15) is 0 Å². The van der Waals surface area contributed by atoms with Gasteiger partial charge in [-0.3, -0.25) is 4.79 Å². The molecule has 0 aromatic heterocycles. The summed E-state index contributed by atoms with van der Waals surface area (Å²) >= 11 is 0. The number of nitrogens with two attached hydrogens (primary N) is 1. The lowest BCUT2D eigenvalue weighted by atomic mass is 10.1. The van der Waals surface area contributed by atoms with E-state index in [1.165, 1.54) is 0 Å². The van der Waals surface area contributed by atoms with Crippen molar-refractivity contribution in [2.75, 3.05) is 6.54 Å². The molecule has 2 unspecified atom stereocenters. The monoisotopic (exact) mass is 200 g/mol. The third kappa shape index (κ3) is 5.97. The van der Waals surface area contributed by atoms with E-state index >= 15 is 0 Å². The van der Waals surface area contributed by atoms with Gasteiger partial charge in [-0.2, -0.15) is 0 Å². The van der Waals surface area contributed by atoms with Crippen molar-refractivity contribution < 1.29 is 4.79 Å². The van der Waals surface area contributed by atoms with Crippen molar-refractivity contribution in [1.82, 2.24) is 5.32 Å². The lowest BCUT2D eigenvalue weighted by molar-refractivity contribution is -0.124. The summed E-state index contributed by atoms with van der Waals surface area (Å²) in [7, 11) is 0. The molecule has 0 aliphatic heterocycles. The minimum absolute atomic E-state index is 0.109. The van der Waals surface area contributed by atoms with Crippen molar-refractivity contribution in [3.8, 4) is 0 Å². The third-order valence-corrected chi connectivity index (χ3v) is 2.37. The molecule has 14 heavy (non-hydrogen) atoms. The minimum atomic E-state index is 0.109. The molecule has 0 saturated carbocycles. The van der Waals surface area contributed by atoms with Gasteiger partial charge >= 0.3 is 0 Å². The van der Waals surface area contributed by atoms with Gasteiger partial charge in [-0.15, -0.1) is 0 Å². The molecule has 0 fully saturated rings. The smallest absolute Gasteiger partial charge is 0.222 e. The van der Waals surface area contributed by atoms with Gasteiger partial charge in [0.25, 0.3) is 0 Å². The van der Waals surface area contributed by atoms with Crippen LogP contribution in [0.2, 0.25) is 0 Å². The number of carbonyl (C=O) groups is 1. The van der Waals surface area contributed by atoms with Gasteiger partial charge in [0.2, 0.25) is 5.91 Å². The average Bonchev–Trinajstić information content (AvgIpc) is 2.15. The highest BCUT2D eigenvalue weighted by atomic mass is 16.1. The second-order valence-corrected chi connectivity index (χ2v) is 3.98. The summed E-state index contributed by atoms with van der Waals surface area (Å²) in [5, 5.41) is 2.89. The topological polar surface area (TPSA) is 55.1 Å². The van der Waals surface area contributed by atoms with E-state index in [0.29, 0.717) is 6.54 Å². The zero-order chi connectivity index (χ0) is 11.0. The molecule has 0 radical (unpaired) electrons. The van der Waals surface area contributed by atoms with Crippen LogP contribution < -0.4 is 11.1 Å². The SMILES string of the molecule is CCCC(N)CNC(=O)C(C)CCC. The number of rotatable bonds is 7. The summed E-state index contributed by atoms with van der Waals surface area (Å²) in [4.78, 5) is 11.5. The Kier molecular flexibility index (Phi) is 7.48. The van der Waals surface area contributed by atoms with Crippen molar-refractivity contribution in [3.63, 3.8) is 0 Å². The molecule has 2 atom stereocenters. The van der Waals surface area contributed by atoms with E-state index in [0.717, 1.165) is 25.7 Å². The van der Waals surface area contributed by atoms with Crippen molar-refractivity contribution in [2.24, 2.45) is 11.7 Å². The van der Waals surface area contributed by atoms with Crippen LogP contribution in [0.15, 0.2) is 0 Å². The van der Waals surface area contributed by atoms with Gasteiger partial charge in [-0.25, -0.2) is 0 Å². The van der Waals surface area contributed by atoms with Gasteiger partial charge in [0, 0.05) is 18.5 Å². The first-order valence-corrected chi connectivity index (χ1v) is 5.65. The molecule has 0 aromatic rings. The van der Waals surface area contributed by atoms with E-state index in [4.69, 9.17) is 5.73 Å². The van der Waals surface area contributed by atoms with Crippen LogP contribution in [0.1, 0.15) is 46.5 Å². The number of hydrogen-bond donors (Lipinski definition) is 2. The van der Waals surface area contributed by atoms with Crippen molar-refractivity contribution in [3.05, 3.63) is 0 Å². The van der Waals surface area contributed by atoms with E-state index < -0.39 is 0 Å². The first-order valence-electron chi connectivity index (χ1n) is 5.65. The van der Waals surface area contributed by atoms with Gasteiger partial charge in [-0.05, 0) is 12.8 Å². The van der Waals surface area contributed by atoms with Gasteiger partial charge < -0.3 is 11.1 Å². The highest BCUT2D eigenvalue weighted by molar-refractivity contribution is 5.78. The van der Waals surface area contributed by atoms with Crippen LogP contribution >= 0.6 is 0 Å². The molecule has 3 nitrogen and oxygen atoms in total. The second kappa shape index (κ2) is 7.80. The van der Waals surface area contributed by atoms with Gasteiger partial charge in [0.15, 0.2) is 0 Å². The fraction of sp³-hybridized carbons (Fsp3) is 0.909. The zero-order valence-corrected chi connectivity index (χ0v) is 9.68. The maximum Gasteiger partial charge on any atom is 0.222 e. The molecular weight excluding hydrogens is 176 g/mol. The molecule has 3 heteroatoms. The van der Waals surface area contributed by atoms with Crippen molar-refractivity contribution >= 4 is 5.91 Å². The van der Waals surface area contributed by atoms with Crippen LogP contribution in [0, 0.1) is 5.92 Å². The Balaban J connectivity index is 3.61. The summed E-state index contributed by atoms with van der Waals surface area (Å²) in [5.74, 6) is 0.257. The van der Waals surface area contributed by atoms with Gasteiger partial charge in [-0.1, -0.05) is 33.6 Å². The Bertz CT molecular complexity index is 159. The molecule has 84 valence electrons. The molecule has 0 aromatic carbocycles. The quantitative estimate of drug-likeness (QED) is 0.657. The van der Waals surface area contributed by atoms with Crippen molar-refractivity contribution in [1.29, 1.82) is 0 Å². The zero-order valence-electron chi connectivity index (χ0n) is 9.68. The van der Waals surface area contributed by atoms with Crippen LogP contribution in [-0.2, 0) is 4.79 Å². The molecule has 0 aliphatic rings. The predicted molar refractivity (Wildman–Crippen MR) is 60.0 cm³/mol. The summed E-state index contributed by atoms with van der Waals surface area (Å²) in [6.07, 6.45) is 4.05. The molecule has 0 heterocycles. The Morgan fingerprint density at radius 2 is 1.86 bits per heavy atom. The number of hydrogen-bond acceptors (Lipinski definition) is 2. The first-order chi connectivity index (χ1) is 6.61. The lowest BCUT2D eigenvalue weighted by Gasteiger charge is -2.14. The third-order valence-electron chi connectivity index (χ3n) is 2.37. The number of carbonyl (C=O) groups excluding carboxylic acids is 1. The number of nitrogens with one attached hydrogen (secondary N) is 1. The Hall–Kier alpha value is -0.570. The molecule has 0 spiro atoms. The first kappa shape index (κ1) is 13.4. The molecule has 0 aliphatic carbocycles. The van der Waals surface area contributed by atoms with E-state index in [1.54, 1.807) is 0 Å². The maximum absolute atomic E-state index is 11.5. The fourth-order valence-corrected chi connectivity index (χ4v) is 1.44. The summed E-state index contributed by atoms with van der Waals surface area (Å²) in [6.45, 7) is 6.76. The summed E-state index contributed by atoms with van der Waals surface area (Å²) in [6, 6.07) is 0.109. The van der Waals surface area contributed by atoms with Crippen LogP contribution in [0.3, 0.4) is 0 Å². The van der Waals surface area contributed by atoms with E-state index in [2.05, 4.69) is 19.2 Å². The highest BCUT2D eigenvalue weighted by Crippen LogP contribution is 2.04. The van der Waals surface area contributed by atoms with Crippen LogP contribution in [0.4, 0.5) is 0 Å². The van der Waals surface area contributed by atoms with Crippen molar-refractivity contribution in [2.45, 2.75) is 52.5 Å². The fourth-order valence-electron chi connectivity index (χ4n) is 1.44.